The molecule has 0 bridgehead atoms. The van der Waals surface area contributed by atoms with Crippen LogP contribution in [0.25, 0.3) is 11.1 Å². The van der Waals surface area contributed by atoms with Gasteiger partial charge in [0, 0.05) is 12.0 Å². The number of ether oxygens (including phenoxy) is 1. The number of benzene rings is 2. The zero-order valence-electron chi connectivity index (χ0n) is 19.3. The molecule has 4 atom stereocenters. The number of nitrogens with zero attached hydrogens (tertiary/aromatic N) is 1. The number of fused-ring (bicyclic) bond motifs is 4. The number of aliphatic carboxylic acids is 1. The third-order valence-corrected chi connectivity index (χ3v) is 7.68. The summed E-state index contributed by atoms with van der Waals surface area (Å²) in [5.74, 6) is -1.17. The number of hydrogen-bond acceptors (Lipinski definition) is 4. The number of likely N-dealkylation sites (tertiary alicyclic amines) is 1. The summed E-state index contributed by atoms with van der Waals surface area (Å²) in [5, 5.41) is 12.3. The van der Waals surface area contributed by atoms with Crippen molar-refractivity contribution in [3.05, 3.63) is 59.7 Å². The van der Waals surface area contributed by atoms with Gasteiger partial charge in [-0.2, -0.15) is 0 Å². The number of nitrogens with one attached hydrogen (secondary N) is 1. The van der Waals surface area contributed by atoms with E-state index in [9.17, 15) is 19.5 Å². The zero-order chi connectivity index (χ0) is 23.8. The van der Waals surface area contributed by atoms with Gasteiger partial charge in [0.1, 0.15) is 18.7 Å². The number of alkyl carbamates (subject to hydrolysis) is 1. The Morgan fingerprint density at radius 2 is 1.65 bits per heavy atom. The first-order chi connectivity index (χ1) is 16.5. The summed E-state index contributed by atoms with van der Waals surface area (Å²) in [6.07, 6.45) is 3.65. The van der Waals surface area contributed by atoms with E-state index in [1.165, 1.54) is 4.90 Å². The monoisotopic (exact) mass is 462 g/mol. The molecular weight excluding hydrogens is 432 g/mol. The van der Waals surface area contributed by atoms with Crippen molar-refractivity contribution in [2.75, 3.05) is 6.61 Å². The van der Waals surface area contributed by atoms with Crippen LogP contribution >= 0.6 is 0 Å². The second-order valence-corrected chi connectivity index (χ2v) is 9.64. The number of carbonyl (C=O) groups is 3. The molecule has 7 nitrogen and oxygen atoms in total. The fourth-order valence-corrected chi connectivity index (χ4v) is 6.10. The van der Waals surface area contributed by atoms with Gasteiger partial charge in [0.2, 0.25) is 5.91 Å². The number of carboxylic acids is 1. The number of carbonyl (C=O) groups excluding carboxylic acids is 2. The molecule has 2 N–H and O–H groups in total. The second-order valence-electron chi connectivity index (χ2n) is 9.64. The molecule has 0 aromatic heterocycles. The highest BCUT2D eigenvalue weighted by molar-refractivity contribution is 5.90. The largest absolute Gasteiger partial charge is 0.480 e. The van der Waals surface area contributed by atoms with E-state index in [4.69, 9.17) is 4.74 Å². The maximum Gasteiger partial charge on any atom is 0.407 e. The van der Waals surface area contributed by atoms with Crippen LogP contribution in [0.1, 0.15) is 56.1 Å². The van der Waals surface area contributed by atoms with Crippen LogP contribution in [0.5, 0.6) is 0 Å². The molecule has 0 radical (unpaired) electrons. The van der Waals surface area contributed by atoms with Crippen LogP contribution in [-0.2, 0) is 14.3 Å². The molecule has 2 fully saturated rings. The highest BCUT2D eigenvalue weighted by Gasteiger charge is 2.48. The van der Waals surface area contributed by atoms with Gasteiger partial charge < -0.3 is 20.1 Å². The maximum atomic E-state index is 13.2. The Kier molecular flexibility index (Phi) is 6.02. The lowest BCUT2D eigenvalue weighted by atomic mass is 9.84. The van der Waals surface area contributed by atoms with Crippen molar-refractivity contribution in [2.45, 2.75) is 63.1 Å². The zero-order valence-corrected chi connectivity index (χ0v) is 19.3. The molecule has 1 saturated heterocycles. The molecule has 1 heterocycles. The van der Waals surface area contributed by atoms with Crippen molar-refractivity contribution in [1.82, 2.24) is 10.2 Å². The number of carboxylic acid groups (broad SMARTS) is 1. The summed E-state index contributed by atoms with van der Waals surface area (Å²) in [6.45, 7) is 1.76. The van der Waals surface area contributed by atoms with Crippen LogP contribution in [0.4, 0.5) is 4.79 Å². The van der Waals surface area contributed by atoms with Crippen LogP contribution in [0.2, 0.25) is 0 Å². The Morgan fingerprint density at radius 1 is 1.03 bits per heavy atom. The van der Waals surface area contributed by atoms with E-state index in [1.54, 1.807) is 6.92 Å². The van der Waals surface area contributed by atoms with E-state index >= 15 is 0 Å². The number of hydrogen-bond donors (Lipinski definition) is 2. The SMILES string of the molecule is C[C@H](NC(=O)OCC1c2ccccc2-c2ccccc21)C(=O)N1C(C(=O)O)CC2CCCCC21. The summed E-state index contributed by atoms with van der Waals surface area (Å²) in [7, 11) is 0. The molecule has 178 valence electrons. The number of rotatable bonds is 5. The van der Waals surface area contributed by atoms with Crippen molar-refractivity contribution in [3.8, 4) is 11.1 Å². The van der Waals surface area contributed by atoms with Crippen LogP contribution in [0.15, 0.2) is 48.5 Å². The maximum absolute atomic E-state index is 13.2. The smallest absolute Gasteiger partial charge is 0.407 e. The first-order valence-corrected chi connectivity index (χ1v) is 12.1. The molecule has 2 aliphatic carbocycles. The molecule has 1 saturated carbocycles. The van der Waals surface area contributed by atoms with Gasteiger partial charge in [0.05, 0.1) is 0 Å². The predicted molar refractivity (Wildman–Crippen MR) is 126 cm³/mol. The Morgan fingerprint density at radius 3 is 2.29 bits per heavy atom. The lowest BCUT2D eigenvalue weighted by Crippen LogP contribution is -2.53. The standard InChI is InChI=1S/C27H30N2O5/c1-16(25(30)29-23-13-7-2-8-17(23)14-24(29)26(31)32)28-27(33)34-15-22-20-11-5-3-9-18(20)19-10-4-6-12-21(19)22/h3-6,9-12,16-17,22-24H,2,7-8,13-15H2,1H3,(H,28,33)(H,31,32)/t16-,17?,23?,24?/m0/s1. The van der Waals surface area contributed by atoms with Gasteiger partial charge in [-0.3, -0.25) is 4.79 Å². The van der Waals surface area contributed by atoms with Gasteiger partial charge in [-0.05, 0) is 54.4 Å². The van der Waals surface area contributed by atoms with E-state index in [1.807, 2.05) is 36.4 Å². The van der Waals surface area contributed by atoms with Gasteiger partial charge in [-0.1, -0.05) is 61.4 Å². The summed E-state index contributed by atoms with van der Waals surface area (Å²) < 4.78 is 5.57. The van der Waals surface area contributed by atoms with E-state index in [-0.39, 0.29) is 30.4 Å². The Balaban J connectivity index is 1.24. The quantitative estimate of drug-likeness (QED) is 0.696. The van der Waals surface area contributed by atoms with E-state index in [0.717, 1.165) is 47.9 Å². The minimum atomic E-state index is -0.976. The first-order valence-electron chi connectivity index (χ1n) is 12.1. The van der Waals surface area contributed by atoms with E-state index in [0.29, 0.717) is 6.42 Å². The molecule has 2 amide bonds. The first kappa shape index (κ1) is 22.4. The summed E-state index contributed by atoms with van der Waals surface area (Å²) in [5.41, 5.74) is 4.52. The van der Waals surface area contributed by atoms with Crippen LogP contribution in [0, 0.1) is 5.92 Å². The minimum absolute atomic E-state index is 0.0610. The molecule has 5 rings (SSSR count). The van der Waals surface area contributed by atoms with Crippen molar-refractivity contribution in [2.24, 2.45) is 5.92 Å². The average Bonchev–Trinajstić information content (AvgIpc) is 3.39. The fraction of sp³-hybridized carbons (Fsp3) is 0.444. The van der Waals surface area contributed by atoms with Gasteiger partial charge in [-0.15, -0.1) is 0 Å². The molecular formula is C27H30N2O5. The highest BCUT2D eigenvalue weighted by atomic mass is 16.5. The van der Waals surface area contributed by atoms with E-state index < -0.39 is 24.1 Å². The molecule has 34 heavy (non-hydrogen) atoms. The summed E-state index contributed by atoms with van der Waals surface area (Å²) >= 11 is 0. The third-order valence-electron chi connectivity index (χ3n) is 7.68. The lowest BCUT2D eigenvalue weighted by Gasteiger charge is -2.34. The minimum Gasteiger partial charge on any atom is -0.480 e. The summed E-state index contributed by atoms with van der Waals surface area (Å²) in [6, 6.07) is 14.4. The highest BCUT2D eigenvalue weighted by Crippen LogP contribution is 2.44. The summed E-state index contributed by atoms with van der Waals surface area (Å²) in [4.78, 5) is 39.2. The molecule has 7 heteroatoms. The second kappa shape index (κ2) is 9.12. The van der Waals surface area contributed by atoms with Crippen molar-refractivity contribution < 1.29 is 24.2 Å². The lowest BCUT2D eigenvalue weighted by molar-refractivity contribution is -0.150. The van der Waals surface area contributed by atoms with Crippen molar-refractivity contribution in [3.63, 3.8) is 0 Å². The molecule has 2 aromatic carbocycles. The number of amides is 2. The molecule has 3 aliphatic rings. The molecule has 2 aromatic rings. The fourth-order valence-electron chi connectivity index (χ4n) is 6.10. The van der Waals surface area contributed by atoms with E-state index in [2.05, 4.69) is 17.4 Å². The van der Waals surface area contributed by atoms with Gasteiger partial charge in [0.25, 0.3) is 0 Å². The van der Waals surface area contributed by atoms with Crippen LogP contribution < -0.4 is 5.32 Å². The third kappa shape index (κ3) is 3.93. The Hall–Kier alpha value is -3.35. The molecule has 1 aliphatic heterocycles. The van der Waals surface area contributed by atoms with Crippen LogP contribution in [0.3, 0.4) is 0 Å². The Labute approximate surface area is 199 Å². The molecule has 3 unspecified atom stereocenters. The average molecular weight is 463 g/mol. The van der Waals surface area contributed by atoms with Crippen LogP contribution in [-0.4, -0.2) is 52.7 Å². The van der Waals surface area contributed by atoms with Crippen molar-refractivity contribution in [1.29, 1.82) is 0 Å². The Bertz CT molecular complexity index is 1070. The van der Waals surface area contributed by atoms with Gasteiger partial charge in [0.15, 0.2) is 0 Å². The normalized spacial score (nSPS) is 24.0. The predicted octanol–water partition coefficient (Wildman–Crippen LogP) is 4.16. The topological polar surface area (TPSA) is 95.9 Å². The van der Waals surface area contributed by atoms with Crippen molar-refractivity contribution >= 4 is 18.0 Å². The molecule has 0 spiro atoms. The van der Waals surface area contributed by atoms with Gasteiger partial charge in [-0.25, -0.2) is 9.59 Å². The van der Waals surface area contributed by atoms with Gasteiger partial charge >= 0.3 is 12.1 Å².